The van der Waals surface area contributed by atoms with Crippen molar-refractivity contribution < 1.29 is 9.18 Å². The molecule has 29 heavy (non-hydrogen) atoms. The van der Waals surface area contributed by atoms with Crippen molar-refractivity contribution in [2.75, 3.05) is 5.32 Å². The Bertz CT molecular complexity index is 1120. The molecule has 0 unspecified atom stereocenters. The van der Waals surface area contributed by atoms with E-state index in [1.54, 1.807) is 6.07 Å². The number of hydrogen-bond acceptors (Lipinski definition) is 4. The number of nitrogens with zero attached hydrogens (tertiary/aromatic N) is 1. The van der Waals surface area contributed by atoms with Gasteiger partial charge in [0.15, 0.2) is 10.2 Å². The summed E-state index contributed by atoms with van der Waals surface area (Å²) in [4.78, 5) is 17.4. The zero-order valence-corrected chi connectivity index (χ0v) is 16.8. The lowest BCUT2D eigenvalue weighted by atomic mass is 9.90. The van der Waals surface area contributed by atoms with Crippen molar-refractivity contribution in [2.45, 2.75) is 5.92 Å². The van der Waals surface area contributed by atoms with E-state index in [4.69, 9.17) is 12.2 Å². The van der Waals surface area contributed by atoms with Crippen molar-refractivity contribution in [3.05, 3.63) is 95.8 Å². The highest BCUT2D eigenvalue weighted by Crippen LogP contribution is 2.27. The van der Waals surface area contributed by atoms with Crippen LogP contribution in [0.1, 0.15) is 17.0 Å². The van der Waals surface area contributed by atoms with Crippen LogP contribution < -0.4 is 10.6 Å². The molecule has 0 radical (unpaired) electrons. The van der Waals surface area contributed by atoms with E-state index in [0.29, 0.717) is 15.3 Å². The van der Waals surface area contributed by atoms with Gasteiger partial charge in [0.2, 0.25) is 5.91 Å². The first-order valence-corrected chi connectivity index (χ1v) is 10.1. The second kappa shape index (κ2) is 8.46. The minimum Gasteiger partial charge on any atom is -0.308 e. The zero-order chi connectivity index (χ0) is 20.2. The van der Waals surface area contributed by atoms with Crippen LogP contribution in [-0.4, -0.2) is 16.0 Å². The van der Waals surface area contributed by atoms with E-state index in [2.05, 4.69) is 15.6 Å². The number of benzene rings is 3. The molecule has 0 saturated carbocycles. The van der Waals surface area contributed by atoms with Crippen molar-refractivity contribution >= 4 is 49.9 Å². The van der Waals surface area contributed by atoms with Gasteiger partial charge in [0.25, 0.3) is 0 Å². The van der Waals surface area contributed by atoms with Gasteiger partial charge < -0.3 is 10.6 Å². The van der Waals surface area contributed by atoms with Gasteiger partial charge in [-0.1, -0.05) is 72.0 Å². The molecule has 0 saturated heterocycles. The van der Waals surface area contributed by atoms with Gasteiger partial charge in [-0.15, -0.1) is 0 Å². The Morgan fingerprint density at radius 1 is 0.966 bits per heavy atom. The third-order valence-corrected chi connectivity index (χ3v) is 5.47. The molecule has 1 amide bonds. The summed E-state index contributed by atoms with van der Waals surface area (Å²) in [6, 6.07) is 23.4. The zero-order valence-electron chi connectivity index (χ0n) is 15.1. The number of anilines is 1. The minimum atomic E-state index is -0.499. The average molecular weight is 422 g/mol. The summed E-state index contributed by atoms with van der Waals surface area (Å²) >= 11 is 6.58. The predicted octanol–water partition coefficient (Wildman–Crippen LogP) is 5.08. The van der Waals surface area contributed by atoms with Gasteiger partial charge in [0.05, 0.1) is 16.1 Å². The highest BCUT2D eigenvalue weighted by Gasteiger charge is 2.23. The normalized spacial score (nSPS) is 10.8. The number of carbonyl (C=O) groups is 1. The maximum Gasteiger partial charge on any atom is 0.238 e. The van der Waals surface area contributed by atoms with E-state index in [1.807, 2.05) is 60.7 Å². The van der Waals surface area contributed by atoms with Gasteiger partial charge in [-0.25, -0.2) is 9.37 Å². The van der Waals surface area contributed by atoms with Gasteiger partial charge in [-0.05, 0) is 41.5 Å². The highest BCUT2D eigenvalue weighted by atomic mass is 32.1. The van der Waals surface area contributed by atoms with Crippen molar-refractivity contribution in [3.8, 4) is 0 Å². The van der Waals surface area contributed by atoms with Crippen LogP contribution in [0.5, 0.6) is 0 Å². The number of carbonyl (C=O) groups excluding carboxylic acids is 1. The summed E-state index contributed by atoms with van der Waals surface area (Å²) in [7, 11) is 0. The van der Waals surface area contributed by atoms with Crippen LogP contribution in [-0.2, 0) is 4.79 Å². The summed E-state index contributed by atoms with van der Waals surface area (Å²) < 4.78 is 14.1. The number of aromatic nitrogens is 1. The first-order valence-electron chi connectivity index (χ1n) is 8.88. The average Bonchev–Trinajstić information content (AvgIpc) is 3.10. The number of nitrogens with one attached hydrogen (secondary N) is 2. The lowest BCUT2D eigenvalue weighted by Gasteiger charge is -2.18. The van der Waals surface area contributed by atoms with E-state index in [-0.39, 0.29) is 16.8 Å². The fraction of sp³-hybridized carbons (Fsp3) is 0.0455. The van der Waals surface area contributed by atoms with E-state index < -0.39 is 5.92 Å². The van der Waals surface area contributed by atoms with Gasteiger partial charge in [-0.2, -0.15) is 0 Å². The molecule has 4 rings (SSSR count). The highest BCUT2D eigenvalue weighted by molar-refractivity contribution is 7.80. The Labute approximate surface area is 176 Å². The smallest absolute Gasteiger partial charge is 0.238 e. The summed E-state index contributed by atoms with van der Waals surface area (Å²) in [6.07, 6.45) is 0. The molecule has 0 aliphatic rings. The molecule has 3 aromatic carbocycles. The molecule has 7 heteroatoms. The van der Waals surface area contributed by atoms with E-state index in [9.17, 15) is 9.18 Å². The Hall–Kier alpha value is -3.16. The largest absolute Gasteiger partial charge is 0.308 e. The molecular formula is C22H16FN3OS2. The van der Waals surface area contributed by atoms with Crippen molar-refractivity contribution in [3.63, 3.8) is 0 Å². The Balaban J connectivity index is 1.53. The standard InChI is InChI=1S/C22H16FN3OS2/c23-16-11-12-17-18(13-16)29-22(24-17)26-21(28)25-20(27)19(14-7-3-1-4-8-14)15-9-5-2-6-10-15/h1-13,19H,(H2,24,25,26,27,28). The molecule has 0 fully saturated rings. The van der Waals surface area contributed by atoms with Crippen molar-refractivity contribution in [1.29, 1.82) is 0 Å². The second-order valence-electron chi connectivity index (χ2n) is 6.33. The third-order valence-electron chi connectivity index (χ3n) is 4.34. The van der Waals surface area contributed by atoms with Crippen LogP contribution in [0.2, 0.25) is 0 Å². The maximum atomic E-state index is 13.4. The van der Waals surface area contributed by atoms with Gasteiger partial charge in [0, 0.05) is 0 Å². The fourth-order valence-corrected chi connectivity index (χ4v) is 4.21. The lowest BCUT2D eigenvalue weighted by molar-refractivity contribution is -0.120. The van der Waals surface area contributed by atoms with Crippen LogP contribution in [0.3, 0.4) is 0 Å². The van der Waals surface area contributed by atoms with Gasteiger partial charge in [0.1, 0.15) is 5.82 Å². The first-order chi connectivity index (χ1) is 14.1. The van der Waals surface area contributed by atoms with Crippen LogP contribution in [0.25, 0.3) is 10.2 Å². The van der Waals surface area contributed by atoms with Crippen LogP contribution in [0, 0.1) is 5.82 Å². The topological polar surface area (TPSA) is 54.0 Å². The summed E-state index contributed by atoms with van der Waals surface area (Å²) in [5.41, 5.74) is 2.41. The number of thiocarbonyl (C=S) groups is 1. The SMILES string of the molecule is O=C(NC(=S)Nc1nc2ccc(F)cc2s1)C(c1ccccc1)c1ccccc1. The molecule has 0 spiro atoms. The molecule has 0 aliphatic carbocycles. The van der Waals surface area contributed by atoms with Crippen molar-refractivity contribution in [2.24, 2.45) is 0 Å². The van der Waals surface area contributed by atoms with Crippen LogP contribution in [0.15, 0.2) is 78.9 Å². The second-order valence-corrected chi connectivity index (χ2v) is 7.77. The molecule has 0 aliphatic heterocycles. The molecule has 0 bridgehead atoms. The molecule has 0 atom stereocenters. The molecule has 4 aromatic rings. The van der Waals surface area contributed by atoms with Crippen LogP contribution >= 0.6 is 23.6 Å². The molecule has 1 aromatic heterocycles. The number of amides is 1. The predicted molar refractivity (Wildman–Crippen MR) is 119 cm³/mol. The quantitative estimate of drug-likeness (QED) is 0.451. The van der Waals surface area contributed by atoms with Gasteiger partial charge in [-0.3, -0.25) is 4.79 Å². The van der Waals surface area contributed by atoms with E-state index >= 15 is 0 Å². The third kappa shape index (κ3) is 4.47. The minimum absolute atomic E-state index is 0.145. The molecular weight excluding hydrogens is 405 g/mol. The molecule has 1 heterocycles. The Kier molecular flexibility index (Phi) is 5.59. The summed E-state index contributed by atoms with van der Waals surface area (Å²) in [5.74, 6) is -1.06. The van der Waals surface area contributed by atoms with E-state index in [1.165, 1.54) is 23.5 Å². The number of fused-ring (bicyclic) bond motifs is 1. The number of halogens is 1. The number of hydrogen-bond donors (Lipinski definition) is 2. The molecule has 144 valence electrons. The lowest BCUT2D eigenvalue weighted by Crippen LogP contribution is -2.37. The first kappa shape index (κ1) is 19.2. The van der Waals surface area contributed by atoms with Crippen molar-refractivity contribution in [1.82, 2.24) is 10.3 Å². The maximum absolute atomic E-state index is 13.4. The Morgan fingerprint density at radius 3 is 2.21 bits per heavy atom. The molecule has 4 nitrogen and oxygen atoms in total. The number of rotatable bonds is 4. The van der Waals surface area contributed by atoms with E-state index in [0.717, 1.165) is 11.1 Å². The fourth-order valence-electron chi connectivity index (χ4n) is 3.05. The van der Waals surface area contributed by atoms with Gasteiger partial charge >= 0.3 is 0 Å². The molecule has 2 N–H and O–H groups in total. The monoisotopic (exact) mass is 421 g/mol. The summed E-state index contributed by atoms with van der Waals surface area (Å²) in [6.45, 7) is 0. The number of thiazole rings is 1. The summed E-state index contributed by atoms with van der Waals surface area (Å²) in [5, 5.41) is 6.32. The van der Waals surface area contributed by atoms with Crippen LogP contribution in [0.4, 0.5) is 9.52 Å². The Morgan fingerprint density at radius 2 is 1.59 bits per heavy atom.